The van der Waals surface area contributed by atoms with Crippen molar-refractivity contribution >= 4 is 28.8 Å². The molecule has 8 nitrogen and oxygen atoms in total. The van der Waals surface area contributed by atoms with E-state index in [-0.39, 0.29) is 42.9 Å². The normalized spacial score (nSPS) is 24.5. The highest BCUT2D eigenvalue weighted by Gasteiger charge is 2.46. The first-order valence-corrected chi connectivity index (χ1v) is 11.9. The van der Waals surface area contributed by atoms with Crippen molar-refractivity contribution in [3.8, 4) is 17.1 Å². The number of carbonyl (C=O) groups excluding carboxylic acids is 2. The van der Waals surface area contributed by atoms with E-state index in [1.54, 1.807) is 29.8 Å². The molecule has 0 N–H and O–H groups in total. The molecular weight excluding hydrogens is 430 g/mol. The van der Waals surface area contributed by atoms with E-state index in [9.17, 15) is 9.59 Å². The maximum Gasteiger partial charge on any atom is 0.308 e. The number of amidine groups is 1. The maximum atomic E-state index is 13.0. The second kappa shape index (κ2) is 8.97. The number of hydrogen-bond acceptors (Lipinski definition) is 8. The molecule has 3 heterocycles. The van der Waals surface area contributed by atoms with Gasteiger partial charge in [-0.15, -0.1) is 0 Å². The zero-order valence-electron chi connectivity index (χ0n) is 17.9. The zero-order valence-corrected chi connectivity index (χ0v) is 18.7. The highest BCUT2D eigenvalue weighted by atomic mass is 32.2. The van der Waals surface area contributed by atoms with Crippen LogP contribution in [-0.4, -0.2) is 52.0 Å². The lowest BCUT2D eigenvalue weighted by atomic mass is 9.83. The lowest BCUT2D eigenvalue weighted by Crippen LogP contribution is -2.50. The number of ether oxygens (including phenoxy) is 2. The van der Waals surface area contributed by atoms with E-state index in [4.69, 9.17) is 19.0 Å². The number of aromatic nitrogens is 1. The summed E-state index contributed by atoms with van der Waals surface area (Å²) in [7, 11) is 1.61. The van der Waals surface area contributed by atoms with Crippen molar-refractivity contribution in [3.63, 3.8) is 0 Å². The Morgan fingerprint density at radius 2 is 2.06 bits per heavy atom. The number of aliphatic imine (C=N–C) groups is 1. The Balaban J connectivity index is 1.17. The molecule has 2 aliphatic heterocycles. The number of methoxy groups -OCH3 is 1. The Bertz CT molecular complexity index is 1030. The first kappa shape index (κ1) is 21.1. The summed E-state index contributed by atoms with van der Waals surface area (Å²) < 4.78 is 16.0. The SMILES string of the molecule is COc1ccc(-c2cc(COC(=O)CC3CSC4=NC5CCCCC5C(=O)N43)no2)cc1. The van der Waals surface area contributed by atoms with E-state index in [0.29, 0.717) is 17.2 Å². The van der Waals surface area contributed by atoms with Crippen LogP contribution in [0.2, 0.25) is 0 Å². The first-order chi connectivity index (χ1) is 15.6. The number of fused-ring (bicyclic) bond motifs is 2. The summed E-state index contributed by atoms with van der Waals surface area (Å²) in [5.74, 6) is 1.76. The van der Waals surface area contributed by atoms with E-state index in [2.05, 4.69) is 5.16 Å². The molecule has 1 aliphatic carbocycles. The van der Waals surface area contributed by atoms with Crippen LogP contribution < -0.4 is 4.74 Å². The lowest BCUT2D eigenvalue weighted by Gasteiger charge is -2.37. The first-order valence-electron chi connectivity index (χ1n) is 10.9. The van der Waals surface area contributed by atoms with E-state index >= 15 is 0 Å². The number of hydrogen-bond donors (Lipinski definition) is 0. The monoisotopic (exact) mass is 455 g/mol. The third-order valence-electron chi connectivity index (χ3n) is 6.25. The summed E-state index contributed by atoms with van der Waals surface area (Å²) in [6, 6.07) is 9.10. The minimum absolute atomic E-state index is 0.0257. The second-order valence-electron chi connectivity index (χ2n) is 8.32. The van der Waals surface area contributed by atoms with Crippen molar-refractivity contribution in [2.75, 3.05) is 12.9 Å². The highest BCUT2D eigenvalue weighted by molar-refractivity contribution is 8.14. The van der Waals surface area contributed by atoms with Gasteiger partial charge in [0.1, 0.15) is 18.1 Å². The quantitative estimate of drug-likeness (QED) is 0.614. The highest BCUT2D eigenvalue weighted by Crippen LogP contribution is 2.38. The van der Waals surface area contributed by atoms with Crippen LogP contribution in [0.1, 0.15) is 37.8 Å². The minimum atomic E-state index is -0.357. The van der Waals surface area contributed by atoms with Gasteiger partial charge in [-0.05, 0) is 37.1 Å². The molecule has 1 saturated carbocycles. The number of rotatable bonds is 6. The van der Waals surface area contributed by atoms with Gasteiger partial charge >= 0.3 is 5.97 Å². The molecule has 168 valence electrons. The summed E-state index contributed by atoms with van der Waals surface area (Å²) in [5.41, 5.74) is 1.39. The van der Waals surface area contributed by atoms with Gasteiger partial charge in [0.2, 0.25) is 5.91 Å². The maximum absolute atomic E-state index is 13.0. The Morgan fingerprint density at radius 3 is 2.88 bits per heavy atom. The number of amides is 1. The fourth-order valence-electron chi connectivity index (χ4n) is 4.55. The van der Waals surface area contributed by atoms with Crippen LogP contribution in [0, 0.1) is 5.92 Å². The minimum Gasteiger partial charge on any atom is -0.497 e. The molecule has 9 heteroatoms. The fourth-order valence-corrected chi connectivity index (χ4v) is 5.74. The summed E-state index contributed by atoms with van der Waals surface area (Å²) in [4.78, 5) is 32.1. The largest absolute Gasteiger partial charge is 0.497 e. The summed E-state index contributed by atoms with van der Waals surface area (Å²) in [5, 5.41) is 4.77. The summed E-state index contributed by atoms with van der Waals surface area (Å²) in [6.45, 7) is 0.0257. The van der Waals surface area contributed by atoms with E-state index in [0.717, 1.165) is 42.2 Å². The van der Waals surface area contributed by atoms with Gasteiger partial charge in [0.05, 0.1) is 31.5 Å². The number of esters is 1. The molecule has 5 rings (SSSR count). The summed E-state index contributed by atoms with van der Waals surface area (Å²) in [6.07, 6.45) is 4.23. The molecular formula is C23H25N3O5S. The van der Waals surface area contributed by atoms with Gasteiger partial charge in [-0.2, -0.15) is 0 Å². The number of carbonyl (C=O) groups is 2. The number of benzene rings is 1. The Hall–Kier alpha value is -2.81. The molecule has 3 unspecified atom stereocenters. The molecule has 3 atom stereocenters. The van der Waals surface area contributed by atoms with Crippen molar-refractivity contribution in [2.45, 2.75) is 50.8 Å². The fraction of sp³-hybridized carbons (Fsp3) is 0.478. The smallest absolute Gasteiger partial charge is 0.308 e. The van der Waals surface area contributed by atoms with Gasteiger partial charge in [0.25, 0.3) is 0 Å². The predicted octanol–water partition coefficient (Wildman–Crippen LogP) is 3.66. The summed E-state index contributed by atoms with van der Waals surface area (Å²) >= 11 is 1.56. The molecule has 1 amide bonds. The predicted molar refractivity (Wildman–Crippen MR) is 119 cm³/mol. The van der Waals surface area contributed by atoms with Crippen molar-refractivity contribution in [2.24, 2.45) is 10.9 Å². The average molecular weight is 456 g/mol. The van der Waals surface area contributed by atoms with Crippen molar-refractivity contribution in [1.82, 2.24) is 10.1 Å². The van der Waals surface area contributed by atoms with Crippen LogP contribution in [0.25, 0.3) is 11.3 Å². The van der Waals surface area contributed by atoms with Gasteiger partial charge in [-0.3, -0.25) is 19.5 Å². The van der Waals surface area contributed by atoms with Crippen LogP contribution in [0.4, 0.5) is 0 Å². The topological polar surface area (TPSA) is 94.2 Å². The van der Waals surface area contributed by atoms with Crippen LogP contribution >= 0.6 is 11.8 Å². The van der Waals surface area contributed by atoms with Crippen LogP contribution in [0.5, 0.6) is 5.75 Å². The third-order valence-corrected chi connectivity index (χ3v) is 7.36. The van der Waals surface area contributed by atoms with Crippen molar-refractivity contribution < 1.29 is 23.6 Å². The van der Waals surface area contributed by atoms with E-state index < -0.39 is 0 Å². The standard InChI is InChI=1S/C23H25N3O5S/c1-29-17-8-6-14(7-9-17)20-10-15(25-31-20)12-30-21(27)11-16-13-32-23-24-19-5-3-2-4-18(19)22(28)26(16)23/h6-10,16,18-19H,2-5,11-13H2,1H3. The molecule has 0 bridgehead atoms. The molecule has 0 radical (unpaired) electrons. The molecule has 1 aromatic heterocycles. The Morgan fingerprint density at radius 1 is 1.25 bits per heavy atom. The van der Waals surface area contributed by atoms with Gasteiger partial charge in [-0.25, -0.2) is 0 Å². The van der Waals surface area contributed by atoms with Crippen molar-refractivity contribution in [3.05, 3.63) is 36.0 Å². The Kier molecular flexibility index (Phi) is 5.91. The number of nitrogens with zero attached hydrogens (tertiary/aromatic N) is 3. The van der Waals surface area contributed by atoms with Gasteiger partial charge < -0.3 is 14.0 Å². The van der Waals surface area contributed by atoms with Crippen LogP contribution in [-0.2, 0) is 20.9 Å². The lowest BCUT2D eigenvalue weighted by molar-refractivity contribution is -0.147. The zero-order chi connectivity index (χ0) is 22.1. The molecule has 1 saturated heterocycles. The van der Waals surface area contributed by atoms with E-state index in [1.807, 2.05) is 24.3 Å². The van der Waals surface area contributed by atoms with Crippen LogP contribution in [0.15, 0.2) is 39.8 Å². The van der Waals surface area contributed by atoms with Crippen molar-refractivity contribution in [1.29, 1.82) is 0 Å². The molecule has 3 aliphatic rings. The molecule has 1 aromatic carbocycles. The average Bonchev–Trinajstić information content (AvgIpc) is 3.45. The van der Waals surface area contributed by atoms with Gasteiger partial charge in [-0.1, -0.05) is 29.8 Å². The molecule has 32 heavy (non-hydrogen) atoms. The third kappa shape index (κ3) is 4.13. The van der Waals surface area contributed by atoms with E-state index in [1.165, 1.54) is 0 Å². The van der Waals surface area contributed by atoms with Gasteiger partial charge in [0, 0.05) is 17.4 Å². The molecule has 0 spiro atoms. The van der Waals surface area contributed by atoms with Crippen LogP contribution in [0.3, 0.4) is 0 Å². The second-order valence-corrected chi connectivity index (χ2v) is 9.31. The molecule has 2 aromatic rings. The number of thioether (sulfide) groups is 1. The molecule has 2 fully saturated rings. The van der Waals surface area contributed by atoms with Gasteiger partial charge in [0.15, 0.2) is 10.9 Å². The Labute approximate surface area is 190 Å².